The summed E-state index contributed by atoms with van der Waals surface area (Å²) >= 11 is 6.08. The number of carbonyl (C=O) groups is 1. The highest BCUT2D eigenvalue weighted by atomic mass is 35.5. The lowest BCUT2D eigenvalue weighted by atomic mass is 9.95. The third kappa shape index (κ3) is 3.50. The monoisotopic (exact) mass is 380 g/mol. The Labute approximate surface area is 153 Å². The highest BCUT2D eigenvalue weighted by Crippen LogP contribution is 2.32. The molecule has 2 rings (SSSR count). The molecule has 0 aliphatic rings. The second-order valence-corrected chi connectivity index (χ2v) is 8.14. The number of nitrogens with two attached hydrogens (primary N) is 1. The van der Waals surface area contributed by atoms with E-state index >= 15 is 0 Å². The zero-order chi connectivity index (χ0) is 19.1. The molecule has 0 aromatic heterocycles. The molecular formula is C18H21ClN2O3S. The van der Waals surface area contributed by atoms with E-state index in [1.165, 1.54) is 18.2 Å². The summed E-state index contributed by atoms with van der Waals surface area (Å²) < 4.78 is 28.5. The molecule has 0 spiro atoms. The Morgan fingerprint density at radius 3 is 1.92 bits per heavy atom. The van der Waals surface area contributed by atoms with Gasteiger partial charge in [0.15, 0.2) is 0 Å². The van der Waals surface area contributed by atoms with E-state index in [-0.39, 0.29) is 21.2 Å². The van der Waals surface area contributed by atoms with Gasteiger partial charge < -0.3 is 5.73 Å². The van der Waals surface area contributed by atoms with Crippen molar-refractivity contribution in [2.75, 3.05) is 4.72 Å². The molecule has 5 nitrogen and oxygen atoms in total. The van der Waals surface area contributed by atoms with Crippen LogP contribution in [0.1, 0.15) is 38.2 Å². The standard InChI is InChI=1S/C18H21ClN2O3S/c1-9-10(2)12(4)17(13(5)11(9)3)25(23,24)21-16-8-14(18(20)22)6-7-15(16)19/h6-8,21H,1-5H3,(H2,20,22). The number of hydrogen-bond donors (Lipinski definition) is 2. The first-order valence-electron chi connectivity index (χ1n) is 7.66. The third-order valence-electron chi connectivity index (χ3n) is 4.70. The van der Waals surface area contributed by atoms with E-state index in [4.69, 9.17) is 17.3 Å². The number of primary amides is 1. The van der Waals surface area contributed by atoms with Crippen LogP contribution in [0.15, 0.2) is 23.1 Å². The van der Waals surface area contributed by atoms with E-state index in [0.717, 1.165) is 16.7 Å². The molecule has 0 bridgehead atoms. The summed E-state index contributed by atoms with van der Waals surface area (Å²) in [7, 11) is -3.89. The Kier molecular flexibility index (Phi) is 5.16. The summed E-state index contributed by atoms with van der Waals surface area (Å²) in [5.74, 6) is -0.661. The van der Waals surface area contributed by atoms with Crippen molar-refractivity contribution < 1.29 is 13.2 Å². The van der Waals surface area contributed by atoms with E-state index in [1.54, 1.807) is 13.8 Å². The van der Waals surface area contributed by atoms with Gasteiger partial charge in [0.25, 0.3) is 10.0 Å². The normalized spacial score (nSPS) is 11.4. The summed E-state index contributed by atoms with van der Waals surface area (Å²) in [4.78, 5) is 11.6. The van der Waals surface area contributed by atoms with Crippen molar-refractivity contribution in [2.45, 2.75) is 39.5 Å². The van der Waals surface area contributed by atoms with Crippen LogP contribution in [-0.4, -0.2) is 14.3 Å². The molecule has 0 fully saturated rings. The molecule has 1 amide bonds. The molecule has 7 heteroatoms. The fraction of sp³-hybridized carbons (Fsp3) is 0.278. The minimum Gasteiger partial charge on any atom is -0.366 e. The van der Waals surface area contributed by atoms with Gasteiger partial charge in [-0.1, -0.05) is 11.6 Å². The fourth-order valence-electron chi connectivity index (χ4n) is 2.82. The highest BCUT2D eigenvalue weighted by Gasteiger charge is 2.24. The Hall–Kier alpha value is -2.05. The lowest BCUT2D eigenvalue weighted by Gasteiger charge is -2.19. The Bertz CT molecular complexity index is 953. The lowest BCUT2D eigenvalue weighted by molar-refractivity contribution is 0.100. The van der Waals surface area contributed by atoms with Gasteiger partial charge in [0.05, 0.1) is 15.6 Å². The second kappa shape index (κ2) is 6.69. The van der Waals surface area contributed by atoms with Gasteiger partial charge in [0, 0.05) is 5.56 Å². The van der Waals surface area contributed by atoms with E-state index < -0.39 is 15.9 Å². The first-order chi connectivity index (χ1) is 11.5. The largest absolute Gasteiger partial charge is 0.366 e. The molecule has 2 aromatic carbocycles. The number of sulfonamides is 1. The van der Waals surface area contributed by atoms with E-state index in [9.17, 15) is 13.2 Å². The van der Waals surface area contributed by atoms with Crippen LogP contribution in [0.4, 0.5) is 5.69 Å². The van der Waals surface area contributed by atoms with E-state index in [1.807, 2.05) is 20.8 Å². The van der Waals surface area contributed by atoms with Gasteiger partial charge in [0.1, 0.15) is 0 Å². The van der Waals surface area contributed by atoms with Crippen LogP contribution in [0, 0.1) is 34.6 Å². The lowest BCUT2D eigenvalue weighted by Crippen LogP contribution is -2.18. The summed E-state index contributed by atoms with van der Waals surface area (Å²) in [5.41, 5.74) is 9.86. The summed E-state index contributed by atoms with van der Waals surface area (Å²) in [6.07, 6.45) is 0. The molecule has 25 heavy (non-hydrogen) atoms. The van der Waals surface area contributed by atoms with Gasteiger partial charge in [-0.25, -0.2) is 8.42 Å². The van der Waals surface area contributed by atoms with Gasteiger partial charge >= 0.3 is 0 Å². The number of halogens is 1. The molecule has 0 saturated heterocycles. The van der Waals surface area contributed by atoms with Crippen LogP contribution in [0.5, 0.6) is 0 Å². The predicted octanol–water partition coefficient (Wildman–Crippen LogP) is 3.78. The maximum absolute atomic E-state index is 13.0. The Balaban J connectivity index is 2.63. The zero-order valence-corrected chi connectivity index (χ0v) is 16.4. The minimum atomic E-state index is -3.89. The van der Waals surface area contributed by atoms with Crippen LogP contribution in [0.25, 0.3) is 0 Å². The average molecular weight is 381 g/mol. The van der Waals surface area contributed by atoms with Crippen molar-refractivity contribution >= 4 is 33.2 Å². The number of carbonyl (C=O) groups excluding carboxylic acids is 1. The second-order valence-electron chi connectivity index (χ2n) is 6.12. The summed E-state index contributed by atoms with van der Waals surface area (Å²) in [6, 6.07) is 4.21. The maximum Gasteiger partial charge on any atom is 0.262 e. The van der Waals surface area contributed by atoms with Crippen LogP contribution in [0.3, 0.4) is 0 Å². The maximum atomic E-state index is 13.0. The highest BCUT2D eigenvalue weighted by molar-refractivity contribution is 7.92. The number of anilines is 1. The van der Waals surface area contributed by atoms with E-state index in [0.29, 0.717) is 11.1 Å². The van der Waals surface area contributed by atoms with Crippen LogP contribution < -0.4 is 10.5 Å². The molecule has 3 N–H and O–H groups in total. The van der Waals surface area contributed by atoms with Gasteiger partial charge in [-0.15, -0.1) is 0 Å². The van der Waals surface area contributed by atoms with Crippen LogP contribution >= 0.6 is 11.6 Å². The van der Waals surface area contributed by atoms with Crippen LogP contribution in [0.2, 0.25) is 5.02 Å². The van der Waals surface area contributed by atoms with Crippen LogP contribution in [-0.2, 0) is 10.0 Å². The van der Waals surface area contributed by atoms with Crippen molar-refractivity contribution in [1.82, 2.24) is 0 Å². The van der Waals surface area contributed by atoms with Crippen molar-refractivity contribution in [2.24, 2.45) is 5.73 Å². The van der Waals surface area contributed by atoms with Gasteiger partial charge in [-0.2, -0.15) is 0 Å². The number of rotatable bonds is 4. The summed E-state index contributed by atoms with van der Waals surface area (Å²) in [6.45, 7) is 9.34. The van der Waals surface area contributed by atoms with E-state index in [2.05, 4.69) is 4.72 Å². The zero-order valence-electron chi connectivity index (χ0n) is 14.8. The first-order valence-corrected chi connectivity index (χ1v) is 9.52. The SMILES string of the molecule is Cc1c(C)c(C)c(S(=O)(=O)Nc2cc(C(N)=O)ccc2Cl)c(C)c1C. The Morgan fingerprint density at radius 2 is 1.44 bits per heavy atom. The number of nitrogens with one attached hydrogen (secondary N) is 1. The van der Waals surface area contributed by atoms with Gasteiger partial charge in [0.2, 0.25) is 5.91 Å². The predicted molar refractivity (Wildman–Crippen MR) is 101 cm³/mol. The smallest absolute Gasteiger partial charge is 0.262 e. The molecule has 134 valence electrons. The molecule has 0 radical (unpaired) electrons. The van der Waals surface area contributed by atoms with Gasteiger partial charge in [-0.3, -0.25) is 9.52 Å². The molecule has 0 unspecified atom stereocenters. The van der Waals surface area contributed by atoms with Gasteiger partial charge in [-0.05, 0) is 80.6 Å². The third-order valence-corrected chi connectivity index (χ3v) is 6.66. The Morgan fingerprint density at radius 1 is 0.960 bits per heavy atom. The molecular weight excluding hydrogens is 360 g/mol. The number of amides is 1. The molecule has 0 atom stereocenters. The molecule has 2 aromatic rings. The van der Waals surface area contributed by atoms with Crippen molar-refractivity contribution in [3.8, 4) is 0 Å². The fourth-order valence-corrected chi connectivity index (χ4v) is 4.71. The molecule has 0 saturated carbocycles. The first kappa shape index (κ1) is 19.3. The minimum absolute atomic E-state index is 0.118. The average Bonchev–Trinajstić information content (AvgIpc) is 2.52. The molecule has 0 aliphatic heterocycles. The van der Waals surface area contributed by atoms with Crippen molar-refractivity contribution in [3.63, 3.8) is 0 Å². The molecule has 0 heterocycles. The number of benzene rings is 2. The van der Waals surface area contributed by atoms with Crippen molar-refractivity contribution in [3.05, 3.63) is 56.6 Å². The quantitative estimate of drug-likeness (QED) is 0.845. The van der Waals surface area contributed by atoms with Crippen molar-refractivity contribution in [1.29, 1.82) is 0 Å². The topological polar surface area (TPSA) is 89.3 Å². The molecule has 0 aliphatic carbocycles. The summed E-state index contributed by atoms with van der Waals surface area (Å²) in [5, 5.41) is 0.185. The number of hydrogen-bond acceptors (Lipinski definition) is 3.